The van der Waals surface area contributed by atoms with Crippen molar-refractivity contribution in [2.75, 3.05) is 13.1 Å². The molecule has 1 saturated heterocycles. The van der Waals surface area contributed by atoms with Crippen molar-refractivity contribution in [3.8, 4) is 0 Å². The smallest absolute Gasteiger partial charge is 0.251 e. The highest BCUT2D eigenvalue weighted by Crippen LogP contribution is 2.21. The molecule has 0 radical (unpaired) electrons. The molecule has 2 aromatic carbocycles. The van der Waals surface area contributed by atoms with E-state index in [1.807, 2.05) is 0 Å². The molecular formula is C20H23FN2O3S. The first kappa shape index (κ1) is 19.5. The van der Waals surface area contributed by atoms with E-state index in [9.17, 15) is 17.6 Å². The van der Waals surface area contributed by atoms with Crippen molar-refractivity contribution in [1.82, 2.24) is 9.62 Å². The quantitative estimate of drug-likeness (QED) is 0.852. The molecule has 3 rings (SSSR count). The Morgan fingerprint density at radius 1 is 1.07 bits per heavy atom. The second-order valence-corrected chi connectivity index (χ2v) is 8.69. The van der Waals surface area contributed by atoms with E-state index in [1.165, 1.54) is 10.4 Å². The highest BCUT2D eigenvalue weighted by molar-refractivity contribution is 7.89. The molecule has 27 heavy (non-hydrogen) atoms. The molecule has 2 aromatic rings. The lowest BCUT2D eigenvalue weighted by molar-refractivity contribution is 0.0950. The Balaban J connectivity index is 1.63. The summed E-state index contributed by atoms with van der Waals surface area (Å²) in [5, 5.41) is 2.72. The predicted molar refractivity (Wildman–Crippen MR) is 101 cm³/mol. The standard InChI is InChI=1S/C20H23FN2O3S/c1-15-5-8-17(13-19(15)21)20(24)22-14-16-6-9-18(10-7-16)27(25,26)23-11-3-2-4-12-23/h5-10,13H,2-4,11-12,14H2,1H3,(H,22,24). The molecule has 0 aromatic heterocycles. The van der Waals surface area contributed by atoms with Crippen LogP contribution in [0.3, 0.4) is 0 Å². The molecule has 0 aliphatic carbocycles. The molecule has 7 heteroatoms. The average Bonchev–Trinajstić information content (AvgIpc) is 2.69. The molecule has 0 spiro atoms. The van der Waals surface area contributed by atoms with Gasteiger partial charge in [-0.2, -0.15) is 4.31 Å². The van der Waals surface area contributed by atoms with Crippen molar-refractivity contribution >= 4 is 15.9 Å². The van der Waals surface area contributed by atoms with E-state index in [-0.39, 0.29) is 22.9 Å². The van der Waals surface area contributed by atoms with Gasteiger partial charge in [0.05, 0.1) is 4.90 Å². The van der Waals surface area contributed by atoms with Crippen LogP contribution in [0.25, 0.3) is 0 Å². The number of carbonyl (C=O) groups excluding carboxylic acids is 1. The summed E-state index contributed by atoms with van der Waals surface area (Å²) >= 11 is 0. The summed E-state index contributed by atoms with van der Waals surface area (Å²) in [6.45, 7) is 3.00. The minimum absolute atomic E-state index is 0.234. The van der Waals surface area contributed by atoms with E-state index >= 15 is 0 Å². The average molecular weight is 390 g/mol. The second-order valence-electron chi connectivity index (χ2n) is 6.76. The van der Waals surface area contributed by atoms with Gasteiger partial charge in [-0.25, -0.2) is 12.8 Å². The fourth-order valence-corrected chi connectivity index (χ4v) is 4.57. The van der Waals surface area contributed by atoms with Gasteiger partial charge in [0.2, 0.25) is 10.0 Å². The normalized spacial score (nSPS) is 15.5. The predicted octanol–water partition coefficient (Wildman–Crippen LogP) is 3.24. The van der Waals surface area contributed by atoms with Crippen LogP contribution in [0.15, 0.2) is 47.4 Å². The first-order valence-electron chi connectivity index (χ1n) is 9.01. The van der Waals surface area contributed by atoms with Crippen LogP contribution in [-0.4, -0.2) is 31.7 Å². The van der Waals surface area contributed by atoms with E-state index in [0.29, 0.717) is 18.7 Å². The molecule has 1 aliphatic rings. The Labute approximate surface area is 159 Å². The number of amides is 1. The van der Waals surface area contributed by atoms with Gasteiger partial charge in [-0.3, -0.25) is 4.79 Å². The minimum atomic E-state index is -3.46. The number of nitrogens with one attached hydrogen (secondary N) is 1. The van der Waals surface area contributed by atoms with Gasteiger partial charge in [0, 0.05) is 25.2 Å². The van der Waals surface area contributed by atoms with Crippen LogP contribution in [0.1, 0.15) is 40.7 Å². The summed E-state index contributed by atoms with van der Waals surface area (Å²) in [7, 11) is -3.46. The minimum Gasteiger partial charge on any atom is -0.348 e. The number of halogens is 1. The van der Waals surface area contributed by atoms with Gasteiger partial charge in [-0.15, -0.1) is 0 Å². The van der Waals surface area contributed by atoms with Gasteiger partial charge in [-0.05, 0) is 55.2 Å². The summed E-state index contributed by atoms with van der Waals surface area (Å²) in [4.78, 5) is 12.4. The lowest BCUT2D eigenvalue weighted by Crippen LogP contribution is -2.35. The van der Waals surface area contributed by atoms with Crippen LogP contribution in [0.2, 0.25) is 0 Å². The summed E-state index contributed by atoms with van der Waals surface area (Å²) in [5.41, 5.74) is 1.51. The maximum Gasteiger partial charge on any atom is 0.251 e. The van der Waals surface area contributed by atoms with Gasteiger partial charge in [-0.1, -0.05) is 24.6 Å². The topological polar surface area (TPSA) is 66.5 Å². The van der Waals surface area contributed by atoms with Gasteiger partial charge in [0.1, 0.15) is 5.82 Å². The molecule has 0 bridgehead atoms. The van der Waals surface area contributed by atoms with Crippen LogP contribution in [0.4, 0.5) is 4.39 Å². The SMILES string of the molecule is Cc1ccc(C(=O)NCc2ccc(S(=O)(=O)N3CCCCC3)cc2)cc1F. The van der Waals surface area contributed by atoms with Gasteiger partial charge in [0.15, 0.2) is 0 Å². The zero-order chi connectivity index (χ0) is 19.4. The van der Waals surface area contributed by atoms with E-state index in [0.717, 1.165) is 24.8 Å². The number of carbonyl (C=O) groups is 1. The van der Waals surface area contributed by atoms with Crippen LogP contribution in [0.5, 0.6) is 0 Å². The monoisotopic (exact) mass is 390 g/mol. The first-order valence-corrected chi connectivity index (χ1v) is 10.5. The molecule has 0 saturated carbocycles. The number of rotatable bonds is 5. The maximum atomic E-state index is 13.6. The van der Waals surface area contributed by atoms with Crippen molar-refractivity contribution in [3.05, 3.63) is 65.0 Å². The number of piperidine rings is 1. The summed E-state index contributed by atoms with van der Waals surface area (Å²) < 4.78 is 40.4. The third-order valence-electron chi connectivity index (χ3n) is 4.76. The van der Waals surface area contributed by atoms with Crippen LogP contribution in [0, 0.1) is 12.7 Å². The van der Waals surface area contributed by atoms with Crippen molar-refractivity contribution in [2.24, 2.45) is 0 Å². The lowest BCUT2D eigenvalue weighted by atomic mass is 10.1. The molecule has 1 heterocycles. The first-order chi connectivity index (χ1) is 12.9. The third kappa shape index (κ3) is 4.54. The lowest BCUT2D eigenvalue weighted by Gasteiger charge is -2.25. The molecule has 1 amide bonds. The Morgan fingerprint density at radius 2 is 1.74 bits per heavy atom. The van der Waals surface area contributed by atoms with Crippen molar-refractivity contribution in [2.45, 2.75) is 37.6 Å². The molecule has 5 nitrogen and oxygen atoms in total. The van der Waals surface area contributed by atoms with Gasteiger partial charge >= 0.3 is 0 Å². The van der Waals surface area contributed by atoms with E-state index in [4.69, 9.17) is 0 Å². The molecule has 1 fully saturated rings. The van der Waals surface area contributed by atoms with Crippen LogP contribution in [-0.2, 0) is 16.6 Å². The molecule has 1 aliphatic heterocycles. The molecule has 0 atom stereocenters. The Hall–Kier alpha value is -2.25. The molecule has 144 valence electrons. The van der Waals surface area contributed by atoms with Crippen LogP contribution >= 0.6 is 0 Å². The van der Waals surface area contributed by atoms with E-state index in [2.05, 4.69) is 5.32 Å². The van der Waals surface area contributed by atoms with Crippen molar-refractivity contribution in [1.29, 1.82) is 0 Å². The highest BCUT2D eigenvalue weighted by Gasteiger charge is 2.25. The maximum absolute atomic E-state index is 13.6. The number of aryl methyl sites for hydroxylation is 1. The third-order valence-corrected chi connectivity index (χ3v) is 6.68. The molecule has 1 N–H and O–H groups in total. The number of hydrogen-bond acceptors (Lipinski definition) is 3. The van der Waals surface area contributed by atoms with Crippen molar-refractivity contribution in [3.63, 3.8) is 0 Å². The Morgan fingerprint density at radius 3 is 2.37 bits per heavy atom. The molecular weight excluding hydrogens is 367 g/mol. The Kier molecular flexibility index (Phi) is 5.92. The fraction of sp³-hybridized carbons (Fsp3) is 0.350. The van der Waals surface area contributed by atoms with E-state index < -0.39 is 15.8 Å². The zero-order valence-electron chi connectivity index (χ0n) is 15.2. The summed E-state index contributed by atoms with van der Waals surface area (Å²) in [5.74, 6) is -0.797. The summed E-state index contributed by atoms with van der Waals surface area (Å²) in [6.07, 6.45) is 2.85. The number of nitrogens with zero attached hydrogens (tertiary/aromatic N) is 1. The number of hydrogen-bond donors (Lipinski definition) is 1. The second kappa shape index (κ2) is 8.19. The van der Waals surface area contributed by atoms with Crippen molar-refractivity contribution < 1.29 is 17.6 Å². The van der Waals surface area contributed by atoms with Gasteiger partial charge < -0.3 is 5.32 Å². The van der Waals surface area contributed by atoms with E-state index in [1.54, 1.807) is 43.3 Å². The fourth-order valence-electron chi connectivity index (χ4n) is 3.05. The van der Waals surface area contributed by atoms with Gasteiger partial charge in [0.25, 0.3) is 5.91 Å². The molecule has 0 unspecified atom stereocenters. The summed E-state index contributed by atoms with van der Waals surface area (Å²) in [6, 6.07) is 10.8. The number of benzene rings is 2. The highest BCUT2D eigenvalue weighted by atomic mass is 32.2. The Bertz CT molecular complexity index is 921. The zero-order valence-corrected chi connectivity index (χ0v) is 16.1. The largest absolute Gasteiger partial charge is 0.348 e. The van der Waals surface area contributed by atoms with Crippen LogP contribution < -0.4 is 5.32 Å². The number of sulfonamides is 1.